The SMILES string of the molecule is Cc1c([N+](=O)[O-])cc(S(=O)(=O)N2CCCCC2)cc1[N+](=O)[O-]. The van der Waals surface area contributed by atoms with E-state index in [4.69, 9.17) is 0 Å². The lowest BCUT2D eigenvalue weighted by atomic mass is 10.1. The topological polar surface area (TPSA) is 124 Å². The summed E-state index contributed by atoms with van der Waals surface area (Å²) in [4.78, 5) is 20.0. The molecular formula is C12H15N3O6S. The summed E-state index contributed by atoms with van der Waals surface area (Å²) in [5.41, 5.74) is -1.29. The van der Waals surface area contributed by atoms with Gasteiger partial charge in [0.2, 0.25) is 10.0 Å². The van der Waals surface area contributed by atoms with Gasteiger partial charge in [-0.1, -0.05) is 6.42 Å². The van der Waals surface area contributed by atoms with Crippen LogP contribution in [0.1, 0.15) is 24.8 Å². The van der Waals surface area contributed by atoms with E-state index in [1.54, 1.807) is 0 Å². The molecule has 0 radical (unpaired) electrons. The van der Waals surface area contributed by atoms with Crippen LogP contribution in [0.15, 0.2) is 17.0 Å². The van der Waals surface area contributed by atoms with E-state index in [1.807, 2.05) is 0 Å². The minimum Gasteiger partial charge on any atom is -0.258 e. The maximum absolute atomic E-state index is 12.5. The number of nitrogens with zero attached hydrogens (tertiary/aromatic N) is 3. The highest BCUT2D eigenvalue weighted by Crippen LogP contribution is 2.33. The average Bonchev–Trinajstić information content (AvgIpc) is 2.47. The third kappa shape index (κ3) is 2.92. The van der Waals surface area contributed by atoms with Gasteiger partial charge in [-0.2, -0.15) is 4.31 Å². The van der Waals surface area contributed by atoms with Gasteiger partial charge in [-0.15, -0.1) is 0 Å². The van der Waals surface area contributed by atoms with Gasteiger partial charge >= 0.3 is 0 Å². The van der Waals surface area contributed by atoms with Crippen molar-refractivity contribution in [2.24, 2.45) is 0 Å². The van der Waals surface area contributed by atoms with E-state index in [-0.39, 0.29) is 5.56 Å². The predicted octanol–water partition coefficient (Wildman–Crippen LogP) is 1.99. The highest BCUT2D eigenvalue weighted by Gasteiger charge is 2.32. The van der Waals surface area contributed by atoms with Crippen LogP contribution in [0.25, 0.3) is 0 Å². The quantitative estimate of drug-likeness (QED) is 0.614. The Morgan fingerprint density at radius 1 is 1.00 bits per heavy atom. The van der Waals surface area contributed by atoms with Crippen LogP contribution < -0.4 is 0 Å². The molecule has 2 rings (SSSR count). The highest BCUT2D eigenvalue weighted by atomic mass is 32.2. The lowest BCUT2D eigenvalue weighted by Crippen LogP contribution is -2.35. The van der Waals surface area contributed by atoms with Crippen LogP contribution in [-0.2, 0) is 10.0 Å². The summed E-state index contributed by atoms with van der Waals surface area (Å²) in [6.45, 7) is 1.86. The molecule has 1 fully saturated rings. The van der Waals surface area contributed by atoms with Crippen LogP contribution in [0, 0.1) is 27.2 Å². The Balaban J connectivity index is 2.59. The Morgan fingerprint density at radius 2 is 1.45 bits per heavy atom. The number of benzene rings is 1. The molecule has 0 aliphatic carbocycles. The summed E-state index contributed by atoms with van der Waals surface area (Å²) in [5, 5.41) is 22.1. The lowest BCUT2D eigenvalue weighted by molar-refractivity contribution is -0.395. The summed E-state index contributed by atoms with van der Waals surface area (Å²) >= 11 is 0. The van der Waals surface area contributed by atoms with Crippen molar-refractivity contribution < 1.29 is 18.3 Å². The molecule has 1 heterocycles. The van der Waals surface area contributed by atoms with Gasteiger partial charge in [0, 0.05) is 25.2 Å². The van der Waals surface area contributed by atoms with E-state index in [2.05, 4.69) is 0 Å². The van der Waals surface area contributed by atoms with Crippen LogP contribution in [0.4, 0.5) is 11.4 Å². The van der Waals surface area contributed by atoms with Gasteiger partial charge in [0.1, 0.15) is 5.56 Å². The molecule has 1 aliphatic heterocycles. The number of nitro groups is 2. The smallest absolute Gasteiger partial charge is 0.258 e. The van der Waals surface area contributed by atoms with Crippen molar-refractivity contribution in [3.05, 3.63) is 37.9 Å². The molecule has 0 aromatic heterocycles. The molecule has 1 aliphatic rings. The first kappa shape index (κ1) is 16.3. The molecule has 0 amide bonds. The lowest BCUT2D eigenvalue weighted by Gasteiger charge is -2.25. The Hall–Kier alpha value is -2.07. The van der Waals surface area contributed by atoms with Crippen molar-refractivity contribution in [3.63, 3.8) is 0 Å². The fourth-order valence-electron chi connectivity index (χ4n) is 2.44. The molecule has 22 heavy (non-hydrogen) atoms. The van der Waals surface area contributed by atoms with E-state index in [1.165, 1.54) is 11.2 Å². The minimum atomic E-state index is -3.97. The maximum atomic E-state index is 12.5. The van der Waals surface area contributed by atoms with Crippen LogP contribution in [-0.4, -0.2) is 35.7 Å². The molecule has 0 N–H and O–H groups in total. The third-order valence-corrected chi connectivity index (χ3v) is 5.55. The maximum Gasteiger partial charge on any atom is 0.280 e. The van der Waals surface area contributed by atoms with Crippen LogP contribution >= 0.6 is 0 Å². The van der Waals surface area contributed by atoms with Crippen LogP contribution in [0.3, 0.4) is 0 Å². The number of rotatable bonds is 4. The summed E-state index contributed by atoms with van der Waals surface area (Å²) in [7, 11) is -3.97. The van der Waals surface area contributed by atoms with Gasteiger partial charge in [-0.3, -0.25) is 20.2 Å². The van der Waals surface area contributed by atoms with Gasteiger partial charge in [0.25, 0.3) is 11.4 Å². The van der Waals surface area contributed by atoms with Crippen molar-refractivity contribution in [2.75, 3.05) is 13.1 Å². The first-order valence-corrected chi connectivity index (χ1v) is 8.12. The van der Waals surface area contributed by atoms with Crippen LogP contribution in [0.2, 0.25) is 0 Å². The van der Waals surface area contributed by atoms with E-state index >= 15 is 0 Å². The molecule has 120 valence electrons. The fourth-order valence-corrected chi connectivity index (χ4v) is 4.00. The molecule has 0 saturated carbocycles. The number of hydrogen-bond donors (Lipinski definition) is 0. The Labute approximate surface area is 126 Å². The zero-order chi connectivity index (χ0) is 16.5. The molecule has 1 saturated heterocycles. The van der Waals surface area contributed by atoms with E-state index in [9.17, 15) is 28.6 Å². The monoisotopic (exact) mass is 329 g/mol. The molecular weight excluding hydrogens is 314 g/mol. The second-order valence-corrected chi connectivity index (χ2v) is 7.00. The van der Waals surface area contributed by atoms with E-state index in [0.717, 1.165) is 18.6 Å². The standard InChI is InChI=1S/C12H15N3O6S/c1-9-11(14(16)17)7-10(8-12(9)15(18)19)22(20,21)13-5-3-2-4-6-13/h7-8H,2-6H2,1H3. The first-order valence-electron chi connectivity index (χ1n) is 6.68. The number of piperidine rings is 1. The molecule has 0 bridgehead atoms. The van der Waals surface area contributed by atoms with Crippen molar-refractivity contribution in [2.45, 2.75) is 31.1 Å². The third-order valence-electron chi connectivity index (χ3n) is 3.67. The molecule has 0 spiro atoms. The van der Waals surface area contributed by atoms with Crippen molar-refractivity contribution >= 4 is 21.4 Å². The van der Waals surface area contributed by atoms with Gasteiger partial charge in [0.05, 0.1) is 14.7 Å². The predicted molar refractivity (Wildman–Crippen MR) is 77.1 cm³/mol. The van der Waals surface area contributed by atoms with Gasteiger partial charge in [-0.25, -0.2) is 8.42 Å². The minimum absolute atomic E-state index is 0.160. The van der Waals surface area contributed by atoms with Gasteiger partial charge in [-0.05, 0) is 19.8 Å². The molecule has 0 unspecified atom stereocenters. The normalized spacial score (nSPS) is 16.4. The number of nitro benzene ring substituents is 2. The van der Waals surface area contributed by atoms with Crippen molar-refractivity contribution in [1.29, 1.82) is 0 Å². The van der Waals surface area contributed by atoms with Crippen molar-refractivity contribution in [3.8, 4) is 0 Å². The van der Waals surface area contributed by atoms with Gasteiger partial charge in [0.15, 0.2) is 0 Å². The number of sulfonamides is 1. The van der Waals surface area contributed by atoms with Gasteiger partial charge < -0.3 is 0 Å². The zero-order valence-electron chi connectivity index (χ0n) is 11.9. The fraction of sp³-hybridized carbons (Fsp3) is 0.500. The largest absolute Gasteiger partial charge is 0.280 e. The van der Waals surface area contributed by atoms with E-state index in [0.29, 0.717) is 25.9 Å². The van der Waals surface area contributed by atoms with Crippen LogP contribution in [0.5, 0.6) is 0 Å². The second-order valence-electron chi connectivity index (χ2n) is 5.07. The first-order chi connectivity index (χ1) is 10.2. The Kier molecular flexibility index (Phi) is 4.42. The number of hydrogen-bond acceptors (Lipinski definition) is 6. The highest BCUT2D eigenvalue weighted by molar-refractivity contribution is 7.89. The Bertz CT molecular complexity index is 689. The molecule has 9 nitrogen and oxygen atoms in total. The zero-order valence-corrected chi connectivity index (χ0v) is 12.7. The average molecular weight is 329 g/mol. The second kappa shape index (κ2) is 5.97. The molecule has 10 heteroatoms. The summed E-state index contributed by atoms with van der Waals surface area (Å²) in [6.07, 6.45) is 2.32. The summed E-state index contributed by atoms with van der Waals surface area (Å²) < 4.78 is 26.3. The molecule has 1 aromatic rings. The molecule has 0 atom stereocenters. The molecule has 1 aromatic carbocycles. The Morgan fingerprint density at radius 3 is 1.86 bits per heavy atom. The summed E-state index contributed by atoms with van der Waals surface area (Å²) in [5.74, 6) is 0. The van der Waals surface area contributed by atoms with E-state index < -0.39 is 36.1 Å². The summed E-state index contributed by atoms with van der Waals surface area (Å²) in [6, 6.07) is 1.79. The van der Waals surface area contributed by atoms with Crippen molar-refractivity contribution in [1.82, 2.24) is 4.31 Å².